The van der Waals surface area contributed by atoms with Crippen molar-refractivity contribution in [3.8, 4) is 5.75 Å². The fourth-order valence-corrected chi connectivity index (χ4v) is 1.57. The molecule has 0 bridgehead atoms. The molecule has 4 heteroatoms. The van der Waals surface area contributed by atoms with Gasteiger partial charge >= 0.3 is 0 Å². The minimum absolute atomic E-state index is 0.0118. The summed E-state index contributed by atoms with van der Waals surface area (Å²) in [6.07, 6.45) is -0.359. The van der Waals surface area contributed by atoms with E-state index >= 15 is 0 Å². The molecule has 0 aliphatic heterocycles. The Balaban J connectivity index is 3.05. The molecule has 1 aromatic rings. The van der Waals surface area contributed by atoms with Gasteiger partial charge < -0.3 is 10.2 Å². The molecular weight excluding hydrogens is 239 g/mol. The normalized spacial score (nSPS) is 12.9. The molecule has 0 aliphatic rings. The predicted octanol–water partition coefficient (Wildman–Crippen LogP) is 2.22. The van der Waals surface area contributed by atoms with Gasteiger partial charge in [0.15, 0.2) is 0 Å². The molecule has 0 aromatic heterocycles. The second-order valence-corrected chi connectivity index (χ2v) is 3.80. The highest BCUT2D eigenvalue weighted by molar-refractivity contribution is 9.10. The zero-order valence-corrected chi connectivity index (χ0v) is 8.68. The quantitative estimate of drug-likeness (QED) is 0.843. The summed E-state index contributed by atoms with van der Waals surface area (Å²) in [5, 5.41) is 18.5. The van der Waals surface area contributed by atoms with Crippen LogP contribution in [-0.4, -0.2) is 16.3 Å². The van der Waals surface area contributed by atoms with Crippen LogP contribution in [-0.2, 0) is 6.42 Å². The lowest BCUT2D eigenvalue weighted by Gasteiger charge is -2.08. The molecule has 0 saturated heterocycles. The van der Waals surface area contributed by atoms with Crippen LogP contribution in [0.2, 0.25) is 0 Å². The molecule has 1 unspecified atom stereocenters. The molecule has 0 fully saturated rings. The highest BCUT2D eigenvalue weighted by Crippen LogP contribution is 2.29. The number of phenols is 1. The van der Waals surface area contributed by atoms with Crippen LogP contribution in [0.15, 0.2) is 16.6 Å². The van der Waals surface area contributed by atoms with Gasteiger partial charge in [-0.25, -0.2) is 4.39 Å². The third-order valence-electron chi connectivity index (χ3n) is 1.62. The number of halogens is 2. The molecule has 72 valence electrons. The van der Waals surface area contributed by atoms with E-state index in [1.54, 1.807) is 6.92 Å². The fraction of sp³-hybridized carbons (Fsp3) is 0.333. The van der Waals surface area contributed by atoms with Crippen LogP contribution >= 0.6 is 15.9 Å². The van der Waals surface area contributed by atoms with Crippen molar-refractivity contribution in [1.82, 2.24) is 0 Å². The minimum Gasteiger partial charge on any atom is -0.506 e. The van der Waals surface area contributed by atoms with E-state index in [1.165, 1.54) is 12.1 Å². The van der Waals surface area contributed by atoms with Crippen molar-refractivity contribution in [2.24, 2.45) is 0 Å². The lowest BCUT2D eigenvalue weighted by atomic mass is 10.1. The Labute approximate surface area is 84.1 Å². The standard InChI is InChI=1S/C9H10BrFO2/c1-5(12)2-6-3-7(11)4-8(10)9(6)13/h3-5,12-13H,2H2,1H3. The predicted molar refractivity (Wildman–Crippen MR) is 51.1 cm³/mol. The summed E-state index contributed by atoms with van der Waals surface area (Å²) in [5.41, 5.74) is 0.405. The van der Waals surface area contributed by atoms with E-state index in [-0.39, 0.29) is 12.2 Å². The molecule has 0 aliphatic carbocycles. The van der Waals surface area contributed by atoms with Gasteiger partial charge in [-0.1, -0.05) is 0 Å². The molecule has 2 N–H and O–H groups in total. The van der Waals surface area contributed by atoms with Crippen molar-refractivity contribution in [3.05, 3.63) is 28.0 Å². The Kier molecular flexibility index (Phi) is 3.27. The number of aromatic hydroxyl groups is 1. The summed E-state index contributed by atoms with van der Waals surface area (Å²) in [5.74, 6) is -0.442. The topological polar surface area (TPSA) is 40.5 Å². The second kappa shape index (κ2) is 4.07. The van der Waals surface area contributed by atoms with Crippen LogP contribution in [0.4, 0.5) is 4.39 Å². The molecular formula is C9H10BrFO2. The summed E-state index contributed by atoms with van der Waals surface area (Å²) < 4.78 is 13.1. The number of hydrogen-bond acceptors (Lipinski definition) is 2. The highest BCUT2D eigenvalue weighted by atomic mass is 79.9. The zero-order chi connectivity index (χ0) is 10.0. The third-order valence-corrected chi connectivity index (χ3v) is 2.23. The van der Waals surface area contributed by atoms with Crippen molar-refractivity contribution in [1.29, 1.82) is 0 Å². The number of benzene rings is 1. The van der Waals surface area contributed by atoms with Crippen molar-refractivity contribution < 1.29 is 14.6 Å². The van der Waals surface area contributed by atoms with E-state index in [0.29, 0.717) is 10.0 Å². The van der Waals surface area contributed by atoms with E-state index in [9.17, 15) is 9.50 Å². The number of aliphatic hydroxyl groups is 1. The summed E-state index contributed by atoms with van der Waals surface area (Å²) in [7, 11) is 0. The van der Waals surface area contributed by atoms with Crippen LogP contribution in [0.3, 0.4) is 0 Å². The lowest BCUT2D eigenvalue weighted by molar-refractivity contribution is 0.194. The maximum atomic E-state index is 12.8. The van der Waals surface area contributed by atoms with Crippen molar-refractivity contribution in [3.63, 3.8) is 0 Å². The summed E-state index contributed by atoms with van der Waals surface area (Å²) in [4.78, 5) is 0. The highest BCUT2D eigenvalue weighted by Gasteiger charge is 2.09. The van der Waals surface area contributed by atoms with E-state index < -0.39 is 11.9 Å². The van der Waals surface area contributed by atoms with Gasteiger partial charge in [0.25, 0.3) is 0 Å². The van der Waals surface area contributed by atoms with E-state index in [4.69, 9.17) is 5.11 Å². The molecule has 1 rings (SSSR count). The van der Waals surface area contributed by atoms with Gasteiger partial charge in [-0.15, -0.1) is 0 Å². The summed E-state index contributed by atoms with van der Waals surface area (Å²) in [6, 6.07) is 2.40. The largest absolute Gasteiger partial charge is 0.506 e. The van der Waals surface area contributed by atoms with E-state index in [2.05, 4.69) is 15.9 Å². The number of rotatable bonds is 2. The maximum absolute atomic E-state index is 12.8. The second-order valence-electron chi connectivity index (χ2n) is 2.95. The molecule has 0 radical (unpaired) electrons. The first-order valence-corrected chi connectivity index (χ1v) is 4.65. The number of hydrogen-bond donors (Lipinski definition) is 2. The Hall–Kier alpha value is -0.610. The lowest BCUT2D eigenvalue weighted by Crippen LogP contribution is -2.04. The summed E-state index contributed by atoms with van der Waals surface area (Å²) >= 11 is 3.02. The molecule has 0 amide bonds. The van der Waals surface area contributed by atoms with Gasteiger partial charge in [-0.05, 0) is 35.0 Å². The average molecular weight is 249 g/mol. The zero-order valence-electron chi connectivity index (χ0n) is 7.09. The Morgan fingerprint density at radius 2 is 2.15 bits per heavy atom. The Morgan fingerprint density at radius 1 is 1.54 bits per heavy atom. The van der Waals surface area contributed by atoms with Gasteiger partial charge in [-0.2, -0.15) is 0 Å². The van der Waals surface area contributed by atoms with Crippen LogP contribution in [0, 0.1) is 5.82 Å². The van der Waals surface area contributed by atoms with Crippen LogP contribution in [0.5, 0.6) is 5.75 Å². The Morgan fingerprint density at radius 3 is 2.69 bits per heavy atom. The van der Waals surface area contributed by atoms with Gasteiger partial charge in [0, 0.05) is 12.0 Å². The molecule has 0 saturated carbocycles. The fourth-order valence-electron chi connectivity index (χ4n) is 1.09. The first-order valence-electron chi connectivity index (χ1n) is 3.85. The van der Waals surface area contributed by atoms with E-state index in [1.807, 2.05) is 0 Å². The molecule has 0 heterocycles. The van der Waals surface area contributed by atoms with Crippen LogP contribution in [0.25, 0.3) is 0 Å². The van der Waals surface area contributed by atoms with Crippen molar-refractivity contribution >= 4 is 15.9 Å². The Bertz CT molecular complexity index is 313. The molecule has 13 heavy (non-hydrogen) atoms. The summed E-state index contributed by atoms with van der Waals surface area (Å²) in [6.45, 7) is 1.58. The first-order chi connectivity index (χ1) is 6.00. The van der Waals surface area contributed by atoms with Gasteiger partial charge in [-0.3, -0.25) is 0 Å². The number of phenolic OH excluding ortho intramolecular Hbond substituents is 1. The monoisotopic (exact) mass is 248 g/mol. The molecule has 1 aromatic carbocycles. The molecule has 1 atom stereocenters. The third kappa shape index (κ3) is 2.67. The van der Waals surface area contributed by atoms with Gasteiger partial charge in [0.1, 0.15) is 11.6 Å². The number of aliphatic hydroxyl groups excluding tert-OH is 1. The van der Waals surface area contributed by atoms with Gasteiger partial charge in [0.05, 0.1) is 10.6 Å². The van der Waals surface area contributed by atoms with Crippen LogP contribution in [0.1, 0.15) is 12.5 Å². The smallest absolute Gasteiger partial charge is 0.133 e. The maximum Gasteiger partial charge on any atom is 0.133 e. The first kappa shape index (κ1) is 10.5. The average Bonchev–Trinajstić information content (AvgIpc) is 1.98. The van der Waals surface area contributed by atoms with Gasteiger partial charge in [0.2, 0.25) is 0 Å². The molecule has 0 spiro atoms. The minimum atomic E-state index is -0.598. The SMILES string of the molecule is CC(O)Cc1cc(F)cc(Br)c1O. The van der Waals surface area contributed by atoms with E-state index in [0.717, 1.165) is 0 Å². The van der Waals surface area contributed by atoms with Crippen molar-refractivity contribution in [2.45, 2.75) is 19.4 Å². The molecule has 2 nitrogen and oxygen atoms in total. The van der Waals surface area contributed by atoms with Crippen molar-refractivity contribution in [2.75, 3.05) is 0 Å². The van der Waals surface area contributed by atoms with Crippen LogP contribution < -0.4 is 0 Å².